The second-order valence-electron chi connectivity index (χ2n) is 4.98. The molecule has 0 radical (unpaired) electrons. The van der Waals surface area contributed by atoms with Gasteiger partial charge in [-0.15, -0.1) is 0 Å². The number of nitrogens with zero attached hydrogens (tertiary/aromatic N) is 1. The summed E-state index contributed by atoms with van der Waals surface area (Å²) in [5, 5.41) is 3.35. The smallest absolute Gasteiger partial charge is 0.251 e. The first-order valence-electron chi connectivity index (χ1n) is 6.33. The van der Waals surface area contributed by atoms with Crippen LogP contribution >= 0.6 is 0 Å². The summed E-state index contributed by atoms with van der Waals surface area (Å²) in [6.07, 6.45) is -0.350. The summed E-state index contributed by atoms with van der Waals surface area (Å²) in [5.74, 6) is 0. The minimum absolute atomic E-state index is 0.0951. The van der Waals surface area contributed by atoms with Gasteiger partial charge in [0.25, 0.3) is 6.43 Å². The van der Waals surface area contributed by atoms with Crippen LogP contribution in [0, 0.1) is 5.41 Å². The number of hydrogen-bond acceptors (Lipinski definition) is 3. The van der Waals surface area contributed by atoms with E-state index >= 15 is 0 Å². The maximum absolute atomic E-state index is 12.3. The van der Waals surface area contributed by atoms with Gasteiger partial charge in [0, 0.05) is 26.3 Å². The highest BCUT2D eigenvalue weighted by molar-refractivity contribution is 4.86. The van der Waals surface area contributed by atoms with E-state index in [2.05, 4.69) is 12.2 Å². The summed E-state index contributed by atoms with van der Waals surface area (Å²) >= 11 is 0. The first-order valence-corrected chi connectivity index (χ1v) is 6.33. The molecule has 1 N–H and O–H groups in total. The molecule has 3 nitrogen and oxygen atoms in total. The highest BCUT2D eigenvalue weighted by atomic mass is 19.3. The van der Waals surface area contributed by atoms with E-state index in [4.69, 9.17) is 4.74 Å². The average Bonchev–Trinajstić information content (AvgIpc) is 2.26. The summed E-state index contributed by atoms with van der Waals surface area (Å²) < 4.78 is 30.0. The Balaban J connectivity index is 2.49. The van der Waals surface area contributed by atoms with Gasteiger partial charge in [0.15, 0.2) is 0 Å². The number of alkyl halides is 2. The van der Waals surface area contributed by atoms with Gasteiger partial charge >= 0.3 is 0 Å². The average molecular weight is 250 g/mol. The molecule has 0 bridgehead atoms. The Bertz CT molecular complexity index is 209. The van der Waals surface area contributed by atoms with Crippen LogP contribution in [0.1, 0.15) is 19.8 Å². The van der Waals surface area contributed by atoms with Gasteiger partial charge in [-0.25, -0.2) is 8.78 Å². The highest BCUT2D eigenvalue weighted by Crippen LogP contribution is 2.30. The van der Waals surface area contributed by atoms with Gasteiger partial charge < -0.3 is 15.0 Å². The summed E-state index contributed by atoms with van der Waals surface area (Å²) in [6, 6.07) is 0. The number of nitrogens with one attached hydrogen (secondary N) is 1. The minimum atomic E-state index is -2.25. The normalized spacial score (nSPS) is 20.1. The molecule has 0 atom stereocenters. The molecular weight excluding hydrogens is 226 g/mol. The fraction of sp³-hybridized carbons (Fsp3) is 1.00. The zero-order valence-electron chi connectivity index (χ0n) is 10.8. The monoisotopic (exact) mass is 250 g/mol. The van der Waals surface area contributed by atoms with E-state index < -0.39 is 6.43 Å². The van der Waals surface area contributed by atoms with Crippen LogP contribution in [-0.4, -0.2) is 57.8 Å². The number of hydrogen-bond donors (Lipinski definition) is 1. The first-order chi connectivity index (χ1) is 8.08. The van der Waals surface area contributed by atoms with Gasteiger partial charge in [0.05, 0.1) is 6.54 Å². The molecule has 0 aromatic heterocycles. The lowest BCUT2D eigenvalue weighted by atomic mass is 9.79. The third-order valence-electron chi connectivity index (χ3n) is 3.36. The molecule has 0 amide bonds. The van der Waals surface area contributed by atoms with Crippen LogP contribution in [0.5, 0.6) is 0 Å². The van der Waals surface area contributed by atoms with Gasteiger partial charge in [-0.2, -0.15) is 0 Å². The maximum atomic E-state index is 12.3. The van der Waals surface area contributed by atoms with Crippen molar-refractivity contribution in [2.45, 2.75) is 26.2 Å². The second-order valence-corrected chi connectivity index (χ2v) is 4.98. The number of ether oxygens (including phenoxy) is 1. The standard InChI is InChI=1S/C12H24F2N2O/c1-3-15-9-12(4-6-17-7-5-12)10-16(2)8-11(13)14/h11,15H,3-10H2,1-2H3. The first kappa shape index (κ1) is 14.8. The van der Waals surface area contributed by atoms with Crippen LogP contribution in [0.25, 0.3) is 0 Å². The Hall–Kier alpha value is -0.260. The molecule has 1 fully saturated rings. The highest BCUT2D eigenvalue weighted by Gasteiger charge is 2.33. The molecule has 0 saturated carbocycles. The zero-order chi connectivity index (χ0) is 12.7. The Morgan fingerprint density at radius 1 is 1.35 bits per heavy atom. The summed E-state index contributed by atoms with van der Waals surface area (Å²) in [7, 11) is 1.77. The topological polar surface area (TPSA) is 24.5 Å². The van der Waals surface area contributed by atoms with Crippen molar-refractivity contribution in [2.75, 3.05) is 46.4 Å². The third-order valence-corrected chi connectivity index (χ3v) is 3.36. The molecule has 17 heavy (non-hydrogen) atoms. The largest absolute Gasteiger partial charge is 0.381 e. The molecule has 1 saturated heterocycles. The van der Waals surface area contributed by atoms with Crippen LogP contribution < -0.4 is 5.32 Å². The molecule has 1 rings (SSSR count). The Morgan fingerprint density at radius 2 is 2.00 bits per heavy atom. The van der Waals surface area contributed by atoms with Crippen molar-refractivity contribution in [3.63, 3.8) is 0 Å². The molecule has 0 spiro atoms. The van der Waals surface area contributed by atoms with E-state index in [1.807, 2.05) is 0 Å². The molecule has 1 aliphatic rings. The molecule has 0 aliphatic carbocycles. The minimum Gasteiger partial charge on any atom is -0.381 e. The molecule has 1 heterocycles. The number of halogens is 2. The Kier molecular flexibility index (Phi) is 6.30. The fourth-order valence-corrected chi connectivity index (χ4v) is 2.46. The molecule has 5 heteroatoms. The molecule has 0 aromatic rings. The van der Waals surface area contributed by atoms with Crippen LogP contribution in [0.15, 0.2) is 0 Å². The van der Waals surface area contributed by atoms with Crippen molar-refractivity contribution < 1.29 is 13.5 Å². The molecule has 1 aliphatic heterocycles. The van der Waals surface area contributed by atoms with Gasteiger partial charge in [-0.3, -0.25) is 0 Å². The lowest BCUT2D eigenvalue weighted by Gasteiger charge is -2.40. The fourth-order valence-electron chi connectivity index (χ4n) is 2.46. The maximum Gasteiger partial charge on any atom is 0.251 e. The summed E-state index contributed by atoms with van der Waals surface area (Å²) in [4.78, 5) is 1.74. The molecule has 0 unspecified atom stereocenters. The Morgan fingerprint density at radius 3 is 2.53 bits per heavy atom. The number of rotatable bonds is 7. The SMILES string of the molecule is CCNCC1(CN(C)CC(F)F)CCOCC1. The van der Waals surface area contributed by atoms with Crippen LogP contribution in [0.3, 0.4) is 0 Å². The zero-order valence-corrected chi connectivity index (χ0v) is 10.8. The van der Waals surface area contributed by atoms with E-state index in [1.165, 1.54) is 0 Å². The van der Waals surface area contributed by atoms with E-state index in [0.717, 1.165) is 39.1 Å². The molecular formula is C12H24F2N2O. The van der Waals surface area contributed by atoms with Gasteiger partial charge in [0.2, 0.25) is 0 Å². The van der Waals surface area contributed by atoms with E-state index in [-0.39, 0.29) is 12.0 Å². The van der Waals surface area contributed by atoms with Crippen LogP contribution in [0.2, 0.25) is 0 Å². The summed E-state index contributed by atoms with van der Waals surface area (Å²) in [5.41, 5.74) is 0.0951. The lowest BCUT2D eigenvalue weighted by molar-refractivity contribution is -0.00868. The predicted molar refractivity (Wildman–Crippen MR) is 64.5 cm³/mol. The quantitative estimate of drug-likeness (QED) is 0.742. The van der Waals surface area contributed by atoms with Crippen molar-refractivity contribution in [1.29, 1.82) is 0 Å². The molecule has 102 valence electrons. The van der Waals surface area contributed by atoms with E-state index in [9.17, 15) is 8.78 Å². The van der Waals surface area contributed by atoms with Crippen molar-refractivity contribution in [2.24, 2.45) is 5.41 Å². The van der Waals surface area contributed by atoms with Crippen molar-refractivity contribution in [1.82, 2.24) is 10.2 Å². The Labute approximate surface area is 103 Å². The molecule has 0 aromatic carbocycles. The van der Waals surface area contributed by atoms with Crippen molar-refractivity contribution >= 4 is 0 Å². The van der Waals surface area contributed by atoms with Gasteiger partial charge in [-0.05, 0) is 31.8 Å². The lowest BCUT2D eigenvalue weighted by Crippen LogP contribution is -2.47. The summed E-state index contributed by atoms with van der Waals surface area (Å²) in [6.45, 7) is 5.93. The predicted octanol–water partition coefficient (Wildman–Crippen LogP) is 1.59. The van der Waals surface area contributed by atoms with E-state index in [0.29, 0.717) is 6.54 Å². The van der Waals surface area contributed by atoms with Crippen LogP contribution in [0.4, 0.5) is 8.78 Å². The third kappa shape index (κ3) is 5.27. The van der Waals surface area contributed by atoms with Gasteiger partial charge in [-0.1, -0.05) is 6.92 Å². The van der Waals surface area contributed by atoms with E-state index in [1.54, 1.807) is 11.9 Å². The van der Waals surface area contributed by atoms with Crippen molar-refractivity contribution in [3.8, 4) is 0 Å². The second kappa shape index (κ2) is 7.24. The van der Waals surface area contributed by atoms with Crippen LogP contribution in [-0.2, 0) is 4.74 Å². The van der Waals surface area contributed by atoms with Crippen molar-refractivity contribution in [3.05, 3.63) is 0 Å². The van der Waals surface area contributed by atoms with Gasteiger partial charge in [0.1, 0.15) is 0 Å².